The molecular weight excluding hydrogens is 196 g/mol. The Kier molecular flexibility index (Phi) is 2.73. The molecule has 0 aromatic carbocycles. The Hall–Kier alpha value is -1.36. The van der Waals surface area contributed by atoms with Gasteiger partial charge in [-0.25, -0.2) is 4.79 Å². The number of hydrogen-bond acceptors (Lipinski definition) is 3. The van der Waals surface area contributed by atoms with E-state index in [4.69, 9.17) is 9.84 Å². The molecule has 1 saturated heterocycles. The summed E-state index contributed by atoms with van der Waals surface area (Å²) in [6.07, 6.45) is 1.87. The summed E-state index contributed by atoms with van der Waals surface area (Å²) in [5.74, 6) is -0.610. The zero-order chi connectivity index (χ0) is 10.8. The van der Waals surface area contributed by atoms with Crippen molar-refractivity contribution in [3.05, 3.63) is 17.0 Å². The number of aromatic nitrogens is 2. The molecule has 1 aliphatic rings. The number of nitrogens with one attached hydrogen (secondary N) is 1. The highest BCUT2D eigenvalue weighted by atomic mass is 16.5. The lowest BCUT2D eigenvalue weighted by Gasteiger charge is -2.21. The lowest BCUT2D eigenvalue weighted by Crippen LogP contribution is -2.15. The van der Waals surface area contributed by atoms with E-state index in [2.05, 4.69) is 10.2 Å². The number of H-pyrrole nitrogens is 1. The van der Waals surface area contributed by atoms with Crippen LogP contribution in [0.15, 0.2) is 0 Å². The van der Waals surface area contributed by atoms with Crippen LogP contribution in [0.5, 0.6) is 0 Å². The van der Waals surface area contributed by atoms with Gasteiger partial charge in [0.15, 0.2) is 5.69 Å². The molecule has 1 fully saturated rings. The number of carbonyl (C=O) groups is 1. The summed E-state index contributed by atoms with van der Waals surface area (Å²) >= 11 is 0. The maximum absolute atomic E-state index is 10.8. The Morgan fingerprint density at radius 3 is 2.73 bits per heavy atom. The van der Waals surface area contributed by atoms with Crippen LogP contribution in [-0.4, -0.2) is 34.5 Å². The van der Waals surface area contributed by atoms with Gasteiger partial charge in [0, 0.05) is 30.4 Å². The topological polar surface area (TPSA) is 75.2 Å². The molecule has 2 N–H and O–H groups in total. The van der Waals surface area contributed by atoms with Gasteiger partial charge in [0.1, 0.15) is 0 Å². The van der Waals surface area contributed by atoms with E-state index in [1.54, 1.807) is 6.92 Å². The van der Waals surface area contributed by atoms with Crippen molar-refractivity contribution in [3.63, 3.8) is 0 Å². The quantitative estimate of drug-likeness (QED) is 0.771. The molecule has 0 spiro atoms. The molecule has 1 aromatic heterocycles. The van der Waals surface area contributed by atoms with Gasteiger partial charge in [0.25, 0.3) is 0 Å². The van der Waals surface area contributed by atoms with Crippen LogP contribution in [-0.2, 0) is 4.74 Å². The first-order valence-electron chi connectivity index (χ1n) is 5.06. The Balaban J connectivity index is 2.24. The average molecular weight is 210 g/mol. The molecule has 15 heavy (non-hydrogen) atoms. The van der Waals surface area contributed by atoms with Gasteiger partial charge < -0.3 is 9.84 Å². The molecule has 1 aromatic rings. The SMILES string of the molecule is Cc1c(C(=O)O)n[nH]c1C1CCOCC1. The summed E-state index contributed by atoms with van der Waals surface area (Å²) in [5.41, 5.74) is 1.85. The van der Waals surface area contributed by atoms with E-state index in [1.807, 2.05) is 0 Å². The number of aromatic carboxylic acids is 1. The zero-order valence-electron chi connectivity index (χ0n) is 8.62. The highest BCUT2D eigenvalue weighted by Gasteiger charge is 2.23. The van der Waals surface area contributed by atoms with E-state index >= 15 is 0 Å². The zero-order valence-corrected chi connectivity index (χ0v) is 8.62. The molecular formula is C10H14N2O3. The highest BCUT2D eigenvalue weighted by Crippen LogP contribution is 2.28. The molecule has 2 heterocycles. The molecule has 5 heteroatoms. The Morgan fingerprint density at radius 2 is 2.20 bits per heavy atom. The van der Waals surface area contributed by atoms with Crippen molar-refractivity contribution in [1.29, 1.82) is 0 Å². The van der Waals surface area contributed by atoms with E-state index in [-0.39, 0.29) is 5.69 Å². The lowest BCUT2D eigenvalue weighted by molar-refractivity contribution is 0.0689. The number of rotatable bonds is 2. The van der Waals surface area contributed by atoms with Crippen molar-refractivity contribution >= 4 is 5.97 Å². The predicted octanol–water partition coefficient (Wildman–Crippen LogP) is 1.31. The fraction of sp³-hybridized carbons (Fsp3) is 0.600. The Bertz CT molecular complexity index is 367. The van der Waals surface area contributed by atoms with Gasteiger partial charge in [-0.15, -0.1) is 0 Å². The minimum atomic E-state index is -0.970. The molecule has 0 radical (unpaired) electrons. The van der Waals surface area contributed by atoms with Gasteiger partial charge in [-0.2, -0.15) is 5.10 Å². The fourth-order valence-electron chi connectivity index (χ4n) is 2.00. The molecule has 2 rings (SSSR count). The maximum atomic E-state index is 10.8. The van der Waals surface area contributed by atoms with Crippen LogP contribution in [0.4, 0.5) is 0 Å². The second-order valence-electron chi connectivity index (χ2n) is 3.80. The largest absolute Gasteiger partial charge is 0.476 e. The van der Waals surface area contributed by atoms with Crippen molar-refractivity contribution in [1.82, 2.24) is 10.2 Å². The first-order valence-corrected chi connectivity index (χ1v) is 5.06. The number of carboxylic acids is 1. The first kappa shape index (κ1) is 10.2. The van der Waals surface area contributed by atoms with Crippen molar-refractivity contribution in [3.8, 4) is 0 Å². The standard InChI is InChI=1S/C10H14N2O3/c1-6-8(7-2-4-15-5-3-7)11-12-9(6)10(13)14/h7H,2-5H2,1H3,(H,11,12)(H,13,14). The summed E-state index contributed by atoms with van der Waals surface area (Å²) in [5, 5.41) is 15.5. The summed E-state index contributed by atoms with van der Waals surface area (Å²) < 4.78 is 5.26. The molecule has 0 saturated carbocycles. The van der Waals surface area contributed by atoms with E-state index in [0.29, 0.717) is 5.92 Å². The number of nitrogens with zero attached hydrogens (tertiary/aromatic N) is 1. The second kappa shape index (κ2) is 4.02. The summed E-state index contributed by atoms with van der Waals surface area (Å²) in [6.45, 7) is 3.29. The molecule has 0 amide bonds. The third-order valence-electron chi connectivity index (χ3n) is 2.88. The molecule has 1 aliphatic heterocycles. The monoisotopic (exact) mass is 210 g/mol. The van der Waals surface area contributed by atoms with Crippen LogP contribution in [0, 0.1) is 6.92 Å². The maximum Gasteiger partial charge on any atom is 0.356 e. The van der Waals surface area contributed by atoms with E-state index < -0.39 is 5.97 Å². The number of hydrogen-bond donors (Lipinski definition) is 2. The van der Waals surface area contributed by atoms with Gasteiger partial charge in [-0.05, 0) is 19.8 Å². The van der Waals surface area contributed by atoms with Crippen molar-refractivity contribution in [2.75, 3.05) is 13.2 Å². The van der Waals surface area contributed by atoms with E-state index in [0.717, 1.165) is 37.3 Å². The van der Waals surface area contributed by atoms with Crippen LogP contribution < -0.4 is 0 Å². The van der Waals surface area contributed by atoms with Crippen LogP contribution in [0.3, 0.4) is 0 Å². The molecule has 82 valence electrons. The van der Waals surface area contributed by atoms with Crippen LogP contribution in [0.1, 0.15) is 40.5 Å². The summed E-state index contributed by atoms with van der Waals surface area (Å²) in [6, 6.07) is 0. The predicted molar refractivity (Wildman–Crippen MR) is 53.1 cm³/mol. The van der Waals surface area contributed by atoms with Gasteiger partial charge in [0.2, 0.25) is 0 Å². The average Bonchev–Trinajstić information content (AvgIpc) is 2.61. The van der Waals surface area contributed by atoms with Gasteiger partial charge in [0.05, 0.1) is 0 Å². The van der Waals surface area contributed by atoms with Gasteiger partial charge in [-0.1, -0.05) is 0 Å². The highest BCUT2D eigenvalue weighted by molar-refractivity contribution is 5.87. The second-order valence-corrected chi connectivity index (χ2v) is 3.80. The molecule has 0 atom stereocenters. The third-order valence-corrected chi connectivity index (χ3v) is 2.88. The van der Waals surface area contributed by atoms with Crippen molar-refractivity contribution in [2.24, 2.45) is 0 Å². The number of aromatic amines is 1. The van der Waals surface area contributed by atoms with Crippen LogP contribution in [0.2, 0.25) is 0 Å². The minimum absolute atomic E-state index is 0.136. The van der Waals surface area contributed by atoms with Crippen LogP contribution >= 0.6 is 0 Å². The molecule has 0 aliphatic carbocycles. The van der Waals surface area contributed by atoms with E-state index in [9.17, 15) is 4.79 Å². The first-order chi connectivity index (χ1) is 7.20. The Labute approximate surface area is 87.4 Å². The minimum Gasteiger partial charge on any atom is -0.476 e. The number of ether oxygens (including phenoxy) is 1. The molecule has 0 bridgehead atoms. The van der Waals surface area contributed by atoms with Crippen molar-refractivity contribution < 1.29 is 14.6 Å². The molecule has 0 unspecified atom stereocenters. The normalized spacial score (nSPS) is 17.9. The third kappa shape index (κ3) is 1.87. The summed E-state index contributed by atoms with van der Waals surface area (Å²) in [7, 11) is 0. The van der Waals surface area contributed by atoms with Crippen molar-refractivity contribution in [2.45, 2.75) is 25.7 Å². The number of carboxylic acid groups (broad SMARTS) is 1. The van der Waals surface area contributed by atoms with E-state index in [1.165, 1.54) is 0 Å². The van der Waals surface area contributed by atoms with Gasteiger partial charge in [-0.3, -0.25) is 5.10 Å². The lowest BCUT2D eigenvalue weighted by atomic mass is 9.93. The smallest absolute Gasteiger partial charge is 0.356 e. The summed E-state index contributed by atoms with van der Waals surface area (Å²) in [4.78, 5) is 10.8. The van der Waals surface area contributed by atoms with Gasteiger partial charge >= 0.3 is 5.97 Å². The van der Waals surface area contributed by atoms with Crippen LogP contribution in [0.25, 0.3) is 0 Å². The Morgan fingerprint density at radius 1 is 1.53 bits per heavy atom. The fourth-order valence-corrected chi connectivity index (χ4v) is 2.00. The molecule has 5 nitrogen and oxygen atoms in total.